The molecule has 1 aromatic carbocycles. The average Bonchev–Trinajstić information content (AvgIpc) is 2.61. The predicted molar refractivity (Wildman–Crippen MR) is 97.4 cm³/mol. The van der Waals surface area contributed by atoms with Gasteiger partial charge in [-0.3, -0.25) is 9.59 Å². The SMILES string of the molecule is CSc1ncc(Cl)c(C(=O)Nc2ccc(OCC(=O)N(C)C)cc2)n1. The molecule has 0 saturated carbocycles. The fraction of sp³-hybridized carbons (Fsp3) is 0.250. The van der Waals surface area contributed by atoms with Crippen LogP contribution in [0, 0.1) is 0 Å². The van der Waals surface area contributed by atoms with Crippen LogP contribution >= 0.6 is 23.4 Å². The molecule has 0 aliphatic rings. The van der Waals surface area contributed by atoms with Crippen molar-refractivity contribution < 1.29 is 14.3 Å². The molecule has 0 aliphatic heterocycles. The van der Waals surface area contributed by atoms with Crippen LogP contribution in [-0.2, 0) is 4.79 Å². The quantitative estimate of drug-likeness (QED) is 0.612. The van der Waals surface area contributed by atoms with Crippen molar-refractivity contribution in [3.63, 3.8) is 0 Å². The van der Waals surface area contributed by atoms with Crippen LogP contribution in [0.4, 0.5) is 5.69 Å². The minimum absolute atomic E-state index is 0.0489. The van der Waals surface area contributed by atoms with E-state index in [0.29, 0.717) is 16.6 Å². The number of carbonyl (C=O) groups is 2. The van der Waals surface area contributed by atoms with Crippen molar-refractivity contribution in [3.8, 4) is 5.75 Å². The Bertz CT molecular complexity index is 768. The van der Waals surface area contributed by atoms with Gasteiger partial charge in [0.05, 0.1) is 11.2 Å². The Morgan fingerprint density at radius 3 is 2.56 bits per heavy atom. The predicted octanol–water partition coefficient (Wildman–Crippen LogP) is 2.57. The monoisotopic (exact) mass is 380 g/mol. The van der Waals surface area contributed by atoms with Crippen LogP contribution in [0.5, 0.6) is 5.75 Å². The van der Waals surface area contributed by atoms with Crippen LogP contribution in [-0.4, -0.2) is 53.6 Å². The number of likely N-dealkylation sites (N-methyl/N-ethyl adjacent to an activating group) is 1. The molecule has 0 saturated heterocycles. The molecule has 0 spiro atoms. The summed E-state index contributed by atoms with van der Waals surface area (Å²) < 4.78 is 5.37. The lowest BCUT2D eigenvalue weighted by atomic mass is 10.3. The largest absolute Gasteiger partial charge is 0.484 e. The van der Waals surface area contributed by atoms with Crippen molar-refractivity contribution in [1.29, 1.82) is 0 Å². The van der Waals surface area contributed by atoms with Gasteiger partial charge in [0.1, 0.15) is 5.75 Å². The number of ether oxygens (including phenoxy) is 1. The highest BCUT2D eigenvalue weighted by Gasteiger charge is 2.14. The molecule has 1 N–H and O–H groups in total. The summed E-state index contributed by atoms with van der Waals surface area (Å²) in [6.07, 6.45) is 3.21. The van der Waals surface area contributed by atoms with Gasteiger partial charge in [-0.25, -0.2) is 9.97 Å². The summed E-state index contributed by atoms with van der Waals surface area (Å²) in [6, 6.07) is 6.65. The van der Waals surface area contributed by atoms with Gasteiger partial charge in [-0.05, 0) is 30.5 Å². The fourth-order valence-corrected chi connectivity index (χ4v) is 2.23. The maximum atomic E-state index is 12.3. The summed E-state index contributed by atoms with van der Waals surface area (Å²) in [5.41, 5.74) is 0.662. The Labute approximate surface area is 154 Å². The highest BCUT2D eigenvalue weighted by molar-refractivity contribution is 7.98. The second-order valence-corrected chi connectivity index (χ2v) is 6.29. The third-order valence-electron chi connectivity index (χ3n) is 3.09. The van der Waals surface area contributed by atoms with E-state index in [4.69, 9.17) is 16.3 Å². The van der Waals surface area contributed by atoms with Crippen LogP contribution in [0.1, 0.15) is 10.5 Å². The minimum atomic E-state index is -0.431. The van der Waals surface area contributed by atoms with Gasteiger partial charge in [0.15, 0.2) is 17.5 Å². The van der Waals surface area contributed by atoms with E-state index in [9.17, 15) is 9.59 Å². The first-order valence-electron chi connectivity index (χ1n) is 7.21. The highest BCUT2D eigenvalue weighted by atomic mass is 35.5. The van der Waals surface area contributed by atoms with Gasteiger partial charge in [0.2, 0.25) is 0 Å². The van der Waals surface area contributed by atoms with Crippen molar-refractivity contribution in [2.75, 3.05) is 32.3 Å². The number of rotatable bonds is 6. The molecular formula is C16H17ClN4O3S. The number of anilines is 1. The second kappa shape index (κ2) is 8.68. The standard InChI is InChI=1S/C16H17ClN4O3S/c1-21(2)13(22)9-24-11-6-4-10(5-7-11)19-15(23)14-12(17)8-18-16(20-14)25-3/h4-8H,9H2,1-3H3,(H,19,23). The first kappa shape index (κ1) is 19.0. The Morgan fingerprint density at radius 1 is 1.28 bits per heavy atom. The Kier molecular flexibility index (Phi) is 6.60. The highest BCUT2D eigenvalue weighted by Crippen LogP contribution is 2.20. The lowest BCUT2D eigenvalue weighted by Crippen LogP contribution is -2.27. The zero-order valence-electron chi connectivity index (χ0n) is 13.9. The average molecular weight is 381 g/mol. The van der Waals surface area contributed by atoms with Gasteiger partial charge in [0.25, 0.3) is 11.8 Å². The summed E-state index contributed by atoms with van der Waals surface area (Å²) in [7, 11) is 3.32. The Balaban J connectivity index is 2.01. The molecule has 0 fully saturated rings. The number of aromatic nitrogens is 2. The van der Waals surface area contributed by atoms with E-state index in [2.05, 4.69) is 15.3 Å². The molecule has 25 heavy (non-hydrogen) atoms. The van der Waals surface area contributed by atoms with Gasteiger partial charge >= 0.3 is 0 Å². The van der Waals surface area contributed by atoms with Crippen molar-refractivity contribution in [2.45, 2.75) is 5.16 Å². The van der Waals surface area contributed by atoms with Gasteiger partial charge in [0, 0.05) is 19.8 Å². The van der Waals surface area contributed by atoms with E-state index in [1.54, 1.807) is 38.4 Å². The number of amides is 2. The first-order valence-corrected chi connectivity index (χ1v) is 8.82. The van der Waals surface area contributed by atoms with Crippen LogP contribution in [0.15, 0.2) is 35.6 Å². The maximum absolute atomic E-state index is 12.3. The van der Waals surface area contributed by atoms with Gasteiger partial charge in [-0.2, -0.15) is 0 Å². The van der Waals surface area contributed by atoms with Crippen molar-refractivity contribution in [2.24, 2.45) is 0 Å². The van der Waals surface area contributed by atoms with E-state index in [0.717, 1.165) is 0 Å². The van der Waals surface area contributed by atoms with Gasteiger partial charge in [-0.1, -0.05) is 23.4 Å². The summed E-state index contributed by atoms with van der Waals surface area (Å²) in [6.45, 7) is -0.0489. The molecule has 0 unspecified atom stereocenters. The number of hydrogen-bond donors (Lipinski definition) is 1. The topological polar surface area (TPSA) is 84.4 Å². The lowest BCUT2D eigenvalue weighted by Gasteiger charge is -2.12. The summed E-state index contributed by atoms with van der Waals surface area (Å²) in [4.78, 5) is 33.3. The summed E-state index contributed by atoms with van der Waals surface area (Å²) >= 11 is 7.30. The second-order valence-electron chi connectivity index (χ2n) is 5.11. The Morgan fingerprint density at radius 2 is 1.96 bits per heavy atom. The lowest BCUT2D eigenvalue weighted by molar-refractivity contribution is -0.130. The van der Waals surface area contributed by atoms with Gasteiger partial charge < -0.3 is 15.0 Å². The molecule has 0 aliphatic carbocycles. The molecule has 9 heteroatoms. The summed E-state index contributed by atoms with van der Waals surface area (Å²) in [5, 5.41) is 3.35. The molecule has 1 heterocycles. The molecule has 1 aromatic heterocycles. The zero-order valence-corrected chi connectivity index (χ0v) is 15.5. The number of nitrogens with one attached hydrogen (secondary N) is 1. The number of thioether (sulfide) groups is 1. The zero-order chi connectivity index (χ0) is 18.4. The molecule has 2 rings (SSSR count). The molecule has 0 radical (unpaired) electrons. The summed E-state index contributed by atoms with van der Waals surface area (Å²) in [5.74, 6) is -0.0440. The van der Waals surface area contributed by atoms with E-state index >= 15 is 0 Å². The fourth-order valence-electron chi connectivity index (χ4n) is 1.71. The normalized spacial score (nSPS) is 10.2. The third kappa shape index (κ3) is 5.33. The van der Waals surface area contributed by atoms with E-state index < -0.39 is 5.91 Å². The molecule has 0 bridgehead atoms. The number of nitrogens with zero attached hydrogens (tertiary/aromatic N) is 3. The van der Waals surface area contributed by atoms with Crippen molar-refractivity contribution in [3.05, 3.63) is 41.2 Å². The van der Waals surface area contributed by atoms with Crippen molar-refractivity contribution >= 4 is 40.9 Å². The molecule has 7 nitrogen and oxygen atoms in total. The number of benzene rings is 1. The third-order valence-corrected chi connectivity index (χ3v) is 3.93. The molecule has 132 valence electrons. The Hall–Kier alpha value is -2.32. The van der Waals surface area contributed by atoms with Crippen LogP contribution in [0.25, 0.3) is 0 Å². The number of halogens is 1. The van der Waals surface area contributed by atoms with Crippen LogP contribution in [0.3, 0.4) is 0 Å². The number of hydrogen-bond acceptors (Lipinski definition) is 6. The molecular weight excluding hydrogens is 364 g/mol. The van der Waals surface area contributed by atoms with Crippen LogP contribution < -0.4 is 10.1 Å². The molecule has 2 amide bonds. The first-order chi connectivity index (χ1) is 11.9. The maximum Gasteiger partial charge on any atom is 0.275 e. The van der Waals surface area contributed by atoms with E-state index in [1.165, 1.54) is 22.9 Å². The van der Waals surface area contributed by atoms with E-state index in [1.807, 2.05) is 6.26 Å². The smallest absolute Gasteiger partial charge is 0.275 e. The minimum Gasteiger partial charge on any atom is -0.484 e. The molecule has 2 aromatic rings. The number of carbonyl (C=O) groups excluding carboxylic acids is 2. The van der Waals surface area contributed by atoms with E-state index in [-0.39, 0.29) is 23.2 Å². The van der Waals surface area contributed by atoms with Crippen LogP contribution in [0.2, 0.25) is 5.02 Å². The van der Waals surface area contributed by atoms with Crippen molar-refractivity contribution in [1.82, 2.24) is 14.9 Å². The molecule has 0 atom stereocenters. The van der Waals surface area contributed by atoms with Gasteiger partial charge in [-0.15, -0.1) is 0 Å².